The average Bonchev–Trinajstić information content (AvgIpc) is 2.80. The van der Waals surface area contributed by atoms with Crippen LogP contribution in [0.4, 0.5) is 0 Å². The molecule has 0 radical (unpaired) electrons. The highest BCUT2D eigenvalue weighted by Crippen LogP contribution is 2.17. The third-order valence-corrected chi connectivity index (χ3v) is 5.02. The van der Waals surface area contributed by atoms with Crippen molar-refractivity contribution in [1.29, 1.82) is 0 Å². The molecule has 0 aliphatic carbocycles. The minimum absolute atomic E-state index is 0.0255. The number of fused-ring (bicyclic) bond motifs is 1. The molecule has 1 fully saturated rings. The van der Waals surface area contributed by atoms with Crippen molar-refractivity contribution in [3.8, 4) is 0 Å². The molecule has 1 atom stereocenters. The molecule has 1 aromatic carbocycles. The van der Waals surface area contributed by atoms with E-state index in [1.165, 1.54) is 18.4 Å². The van der Waals surface area contributed by atoms with Crippen LogP contribution in [-0.4, -0.2) is 46.5 Å². The number of amides is 1. The number of rotatable bonds is 5. The normalized spacial score (nSPS) is 19.3. The fraction of sp³-hybridized carbons (Fsp3) is 0.579. The van der Waals surface area contributed by atoms with E-state index >= 15 is 0 Å². The number of carbonyl (C=O) groups excluding carboxylic acids is 1. The van der Waals surface area contributed by atoms with Crippen molar-refractivity contribution in [2.24, 2.45) is 0 Å². The van der Waals surface area contributed by atoms with Crippen molar-refractivity contribution in [2.45, 2.75) is 51.6 Å². The molecule has 0 unspecified atom stereocenters. The maximum Gasteiger partial charge on any atom is 0.237 e. The summed E-state index contributed by atoms with van der Waals surface area (Å²) >= 11 is 0. The number of hydrogen-bond donors (Lipinski definition) is 1. The Morgan fingerprint density at radius 3 is 2.96 bits per heavy atom. The van der Waals surface area contributed by atoms with Gasteiger partial charge in [0.15, 0.2) is 0 Å². The summed E-state index contributed by atoms with van der Waals surface area (Å²) < 4.78 is 2.24. The van der Waals surface area contributed by atoms with Crippen molar-refractivity contribution >= 4 is 16.9 Å². The first-order chi connectivity index (χ1) is 11.7. The SMILES string of the molecule is CCn1c(CCNC(=O)[C@@H]2CCCCCN2C)nc2ccccc21. The summed E-state index contributed by atoms with van der Waals surface area (Å²) in [5.41, 5.74) is 2.20. The van der Waals surface area contributed by atoms with Crippen LogP contribution in [-0.2, 0) is 17.8 Å². The second kappa shape index (κ2) is 7.79. The average molecular weight is 328 g/mol. The molecule has 1 N–H and O–H groups in total. The van der Waals surface area contributed by atoms with Crippen LogP contribution < -0.4 is 5.32 Å². The fourth-order valence-electron chi connectivity index (χ4n) is 3.67. The fourth-order valence-corrected chi connectivity index (χ4v) is 3.67. The molecule has 1 aliphatic heterocycles. The summed E-state index contributed by atoms with van der Waals surface area (Å²) in [4.78, 5) is 19.4. The predicted molar refractivity (Wildman–Crippen MR) is 97.0 cm³/mol. The summed E-state index contributed by atoms with van der Waals surface area (Å²) in [5, 5.41) is 3.12. The molecule has 1 amide bonds. The standard InChI is InChI=1S/C19H28N4O/c1-3-23-16-10-7-6-9-15(16)21-18(23)12-13-20-19(24)17-11-5-4-8-14-22(17)2/h6-7,9-10,17H,3-5,8,11-14H2,1-2H3,(H,20,24)/t17-/m0/s1. The number of benzene rings is 1. The van der Waals surface area contributed by atoms with Gasteiger partial charge in [-0.2, -0.15) is 0 Å². The predicted octanol–water partition coefficient (Wildman–Crippen LogP) is 2.59. The molecule has 0 saturated carbocycles. The van der Waals surface area contributed by atoms with Crippen LogP contribution in [0.5, 0.6) is 0 Å². The Kier molecular flexibility index (Phi) is 5.51. The maximum absolute atomic E-state index is 12.5. The summed E-state index contributed by atoms with van der Waals surface area (Å²) in [5.74, 6) is 1.21. The van der Waals surface area contributed by atoms with E-state index in [2.05, 4.69) is 34.8 Å². The highest BCUT2D eigenvalue weighted by Gasteiger charge is 2.24. The van der Waals surface area contributed by atoms with Crippen molar-refractivity contribution < 1.29 is 4.79 Å². The third-order valence-electron chi connectivity index (χ3n) is 5.02. The van der Waals surface area contributed by atoms with E-state index in [4.69, 9.17) is 4.98 Å². The van der Waals surface area contributed by atoms with E-state index in [0.29, 0.717) is 6.54 Å². The number of aromatic nitrogens is 2. The van der Waals surface area contributed by atoms with Crippen LogP contribution in [0.25, 0.3) is 11.0 Å². The largest absolute Gasteiger partial charge is 0.354 e. The Morgan fingerprint density at radius 1 is 1.29 bits per heavy atom. The molecule has 5 heteroatoms. The van der Waals surface area contributed by atoms with E-state index in [1.54, 1.807) is 0 Å². The molecule has 2 aromatic rings. The lowest BCUT2D eigenvalue weighted by atomic mass is 10.1. The lowest BCUT2D eigenvalue weighted by molar-refractivity contribution is -0.126. The molecule has 0 bridgehead atoms. The second-order valence-corrected chi connectivity index (χ2v) is 6.65. The minimum atomic E-state index is 0.0255. The Labute approximate surface area is 144 Å². The van der Waals surface area contributed by atoms with E-state index < -0.39 is 0 Å². The number of aryl methyl sites for hydroxylation is 1. The van der Waals surface area contributed by atoms with E-state index in [1.807, 2.05) is 18.2 Å². The van der Waals surface area contributed by atoms with E-state index in [0.717, 1.165) is 43.7 Å². The van der Waals surface area contributed by atoms with Gasteiger partial charge in [-0.1, -0.05) is 25.0 Å². The number of likely N-dealkylation sites (tertiary alicyclic amines) is 1. The lowest BCUT2D eigenvalue weighted by Gasteiger charge is -2.24. The Bertz CT molecular complexity index is 694. The van der Waals surface area contributed by atoms with Crippen LogP contribution in [0, 0.1) is 0 Å². The molecule has 0 spiro atoms. The zero-order chi connectivity index (χ0) is 16.9. The summed E-state index contributed by atoms with van der Waals surface area (Å²) in [6.07, 6.45) is 5.31. The minimum Gasteiger partial charge on any atom is -0.354 e. The second-order valence-electron chi connectivity index (χ2n) is 6.65. The van der Waals surface area contributed by atoms with Crippen LogP contribution in [0.3, 0.4) is 0 Å². The number of likely N-dealkylation sites (N-methyl/N-ethyl adjacent to an activating group) is 1. The van der Waals surface area contributed by atoms with Crippen LogP contribution >= 0.6 is 0 Å². The number of imidazole rings is 1. The van der Waals surface area contributed by atoms with Gasteiger partial charge in [-0.25, -0.2) is 4.98 Å². The number of hydrogen-bond acceptors (Lipinski definition) is 3. The van der Waals surface area contributed by atoms with Crippen molar-refractivity contribution in [2.75, 3.05) is 20.1 Å². The van der Waals surface area contributed by atoms with Gasteiger partial charge in [0.2, 0.25) is 5.91 Å². The smallest absolute Gasteiger partial charge is 0.237 e. The van der Waals surface area contributed by atoms with Gasteiger partial charge >= 0.3 is 0 Å². The van der Waals surface area contributed by atoms with E-state index in [9.17, 15) is 4.79 Å². The summed E-state index contributed by atoms with van der Waals surface area (Å²) in [6.45, 7) is 4.70. The number of para-hydroxylation sites is 2. The maximum atomic E-state index is 12.5. The first-order valence-electron chi connectivity index (χ1n) is 9.12. The van der Waals surface area contributed by atoms with Crippen molar-refractivity contribution in [1.82, 2.24) is 19.8 Å². The molecule has 130 valence electrons. The van der Waals surface area contributed by atoms with Gasteiger partial charge in [0.05, 0.1) is 17.1 Å². The number of nitrogens with one attached hydrogen (secondary N) is 1. The van der Waals surface area contributed by atoms with Crippen LogP contribution in [0.1, 0.15) is 38.4 Å². The Hall–Kier alpha value is -1.88. The third kappa shape index (κ3) is 3.61. The highest BCUT2D eigenvalue weighted by atomic mass is 16.2. The topological polar surface area (TPSA) is 50.2 Å². The monoisotopic (exact) mass is 328 g/mol. The van der Waals surface area contributed by atoms with Gasteiger partial charge in [-0.3, -0.25) is 9.69 Å². The Balaban J connectivity index is 1.61. The van der Waals surface area contributed by atoms with Crippen LogP contribution in [0.15, 0.2) is 24.3 Å². The summed E-state index contributed by atoms with van der Waals surface area (Å²) in [7, 11) is 2.06. The molecule has 5 nitrogen and oxygen atoms in total. The molecule has 24 heavy (non-hydrogen) atoms. The van der Waals surface area contributed by atoms with E-state index in [-0.39, 0.29) is 11.9 Å². The molecule has 3 rings (SSSR count). The molecule has 1 aromatic heterocycles. The number of carbonyl (C=O) groups is 1. The van der Waals surface area contributed by atoms with Crippen molar-refractivity contribution in [3.05, 3.63) is 30.1 Å². The van der Waals surface area contributed by atoms with Gasteiger partial charge in [0, 0.05) is 19.5 Å². The van der Waals surface area contributed by atoms with Crippen molar-refractivity contribution in [3.63, 3.8) is 0 Å². The zero-order valence-electron chi connectivity index (χ0n) is 14.8. The molecule has 2 heterocycles. The Morgan fingerprint density at radius 2 is 2.12 bits per heavy atom. The zero-order valence-corrected chi connectivity index (χ0v) is 14.8. The van der Waals surface area contributed by atoms with Gasteiger partial charge in [-0.15, -0.1) is 0 Å². The molecule has 1 aliphatic rings. The number of nitrogens with zero attached hydrogens (tertiary/aromatic N) is 3. The van der Waals surface area contributed by atoms with Gasteiger partial charge in [-0.05, 0) is 45.5 Å². The van der Waals surface area contributed by atoms with Gasteiger partial charge < -0.3 is 9.88 Å². The van der Waals surface area contributed by atoms with Gasteiger partial charge in [0.25, 0.3) is 0 Å². The quantitative estimate of drug-likeness (QED) is 0.918. The molecular weight excluding hydrogens is 300 g/mol. The molecular formula is C19H28N4O. The summed E-state index contributed by atoms with van der Waals surface area (Å²) in [6, 6.07) is 8.24. The first kappa shape index (κ1) is 17.0. The van der Waals surface area contributed by atoms with Gasteiger partial charge in [0.1, 0.15) is 5.82 Å². The highest BCUT2D eigenvalue weighted by molar-refractivity contribution is 5.81. The first-order valence-corrected chi connectivity index (χ1v) is 9.12. The molecule has 1 saturated heterocycles. The van der Waals surface area contributed by atoms with Crippen LogP contribution in [0.2, 0.25) is 0 Å². The lowest BCUT2D eigenvalue weighted by Crippen LogP contribution is -2.45.